The van der Waals surface area contributed by atoms with Gasteiger partial charge >= 0.3 is 0 Å². The number of aromatic nitrogens is 1. The van der Waals surface area contributed by atoms with E-state index in [1.54, 1.807) is 0 Å². The Balaban J connectivity index is 2.42. The van der Waals surface area contributed by atoms with Crippen molar-refractivity contribution >= 4 is 21.8 Å². The Morgan fingerprint density at radius 3 is 2.61 bits per heavy atom. The summed E-state index contributed by atoms with van der Waals surface area (Å²) < 4.78 is 2.32. The van der Waals surface area contributed by atoms with Gasteiger partial charge in [0.2, 0.25) is 0 Å². The number of fused-ring (bicyclic) bond motifs is 3. The van der Waals surface area contributed by atoms with Crippen LogP contribution in [-0.2, 0) is 13.0 Å². The highest BCUT2D eigenvalue weighted by Gasteiger charge is 2.09. The van der Waals surface area contributed by atoms with Gasteiger partial charge in [0, 0.05) is 28.4 Å². The van der Waals surface area contributed by atoms with E-state index in [1.165, 1.54) is 21.8 Å². The van der Waals surface area contributed by atoms with E-state index in [4.69, 9.17) is 5.26 Å². The molecule has 2 aromatic carbocycles. The second-order valence-electron chi connectivity index (χ2n) is 4.45. The maximum absolute atomic E-state index is 8.80. The van der Waals surface area contributed by atoms with E-state index in [2.05, 4.69) is 60.0 Å². The molecule has 0 saturated carbocycles. The Morgan fingerprint density at radius 1 is 1.06 bits per heavy atom. The summed E-state index contributed by atoms with van der Waals surface area (Å²) >= 11 is 0. The van der Waals surface area contributed by atoms with Crippen molar-refractivity contribution in [1.82, 2.24) is 4.57 Å². The lowest BCUT2D eigenvalue weighted by atomic mass is 10.1. The van der Waals surface area contributed by atoms with Crippen LogP contribution < -0.4 is 0 Å². The Morgan fingerprint density at radius 2 is 1.83 bits per heavy atom. The molecular formula is C16H14N2. The second-order valence-corrected chi connectivity index (χ2v) is 4.45. The average molecular weight is 234 g/mol. The monoisotopic (exact) mass is 234 g/mol. The third-order valence-corrected chi connectivity index (χ3v) is 3.44. The molecule has 3 aromatic rings. The highest BCUT2D eigenvalue weighted by molar-refractivity contribution is 6.08. The minimum atomic E-state index is 0.474. The lowest BCUT2D eigenvalue weighted by molar-refractivity contribution is 0.827. The molecule has 0 fully saturated rings. The number of benzene rings is 2. The zero-order valence-electron chi connectivity index (χ0n) is 10.4. The summed E-state index contributed by atoms with van der Waals surface area (Å²) in [4.78, 5) is 0. The van der Waals surface area contributed by atoms with Gasteiger partial charge in [-0.05, 0) is 30.7 Å². The topological polar surface area (TPSA) is 28.7 Å². The van der Waals surface area contributed by atoms with Gasteiger partial charge in [-0.3, -0.25) is 0 Å². The molecule has 0 N–H and O–H groups in total. The van der Waals surface area contributed by atoms with Crippen LogP contribution >= 0.6 is 0 Å². The Bertz CT molecular complexity index is 760. The molecule has 3 rings (SSSR count). The first-order valence-corrected chi connectivity index (χ1v) is 6.22. The molecule has 0 spiro atoms. The van der Waals surface area contributed by atoms with E-state index >= 15 is 0 Å². The molecule has 0 bridgehead atoms. The van der Waals surface area contributed by atoms with Crippen LogP contribution in [0, 0.1) is 11.3 Å². The number of para-hydroxylation sites is 1. The lowest BCUT2D eigenvalue weighted by Gasteiger charge is -2.02. The highest BCUT2D eigenvalue weighted by Crippen LogP contribution is 2.29. The molecule has 0 amide bonds. The van der Waals surface area contributed by atoms with Crippen LogP contribution in [0.5, 0.6) is 0 Å². The molecule has 0 atom stereocenters. The Labute approximate surface area is 106 Å². The summed E-state index contributed by atoms with van der Waals surface area (Å²) in [6.45, 7) is 3.12. The van der Waals surface area contributed by atoms with E-state index in [0.717, 1.165) is 12.1 Å². The van der Waals surface area contributed by atoms with Crippen molar-refractivity contribution in [3.8, 4) is 6.07 Å². The van der Waals surface area contributed by atoms with E-state index < -0.39 is 0 Å². The summed E-state index contributed by atoms with van der Waals surface area (Å²) in [5.41, 5.74) is 3.61. The molecule has 18 heavy (non-hydrogen) atoms. The molecule has 1 aromatic heterocycles. The van der Waals surface area contributed by atoms with E-state index in [9.17, 15) is 0 Å². The van der Waals surface area contributed by atoms with Crippen molar-refractivity contribution in [2.75, 3.05) is 0 Å². The fourth-order valence-corrected chi connectivity index (χ4v) is 2.64. The molecule has 0 aliphatic rings. The number of aryl methyl sites for hydroxylation is 1. The summed E-state index contributed by atoms with van der Waals surface area (Å²) in [7, 11) is 0. The summed E-state index contributed by atoms with van der Waals surface area (Å²) in [6.07, 6.45) is 0.474. The van der Waals surface area contributed by atoms with E-state index in [-0.39, 0.29) is 0 Å². The minimum Gasteiger partial charge on any atom is -0.341 e. The maximum atomic E-state index is 8.80. The zero-order chi connectivity index (χ0) is 12.5. The van der Waals surface area contributed by atoms with Gasteiger partial charge in [0.1, 0.15) is 0 Å². The first-order chi connectivity index (χ1) is 8.85. The van der Waals surface area contributed by atoms with Gasteiger partial charge in [-0.2, -0.15) is 5.26 Å². The second kappa shape index (κ2) is 4.19. The standard InChI is InChI=1S/C16H14N2/c1-2-18-15-6-4-3-5-13(15)14-11-12(9-10-17)7-8-16(14)18/h3-8,11H,2,9H2,1H3. The van der Waals surface area contributed by atoms with Gasteiger partial charge in [-0.15, -0.1) is 0 Å². The largest absolute Gasteiger partial charge is 0.341 e. The summed E-state index contributed by atoms with van der Waals surface area (Å²) in [5, 5.41) is 11.3. The molecule has 0 radical (unpaired) electrons. The van der Waals surface area contributed by atoms with Gasteiger partial charge < -0.3 is 4.57 Å². The van der Waals surface area contributed by atoms with Crippen molar-refractivity contribution in [1.29, 1.82) is 5.26 Å². The highest BCUT2D eigenvalue weighted by atomic mass is 15.0. The number of hydrogen-bond donors (Lipinski definition) is 0. The average Bonchev–Trinajstić information content (AvgIpc) is 2.72. The van der Waals surface area contributed by atoms with Gasteiger partial charge in [-0.1, -0.05) is 24.3 Å². The summed E-state index contributed by atoms with van der Waals surface area (Å²) in [6, 6.07) is 17.0. The molecule has 0 saturated heterocycles. The molecule has 0 aliphatic heterocycles. The van der Waals surface area contributed by atoms with E-state index in [0.29, 0.717) is 6.42 Å². The van der Waals surface area contributed by atoms with Crippen LogP contribution in [0.1, 0.15) is 12.5 Å². The number of nitriles is 1. The Kier molecular flexibility index (Phi) is 2.53. The van der Waals surface area contributed by atoms with Crippen LogP contribution in [0.3, 0.4) is 0 Å². The van der Waals surface area contributed by atoms with Gasteiger partial charge in [0.25, 0.3) is 0 Å². The van der Waals surface area contributed by atoms with Crippen LogP contribution in [0.15, 0.2) is 42.5 Å². The third-order valence-electron chi connectivity index (χ3n) is 3.44. The Hall–Kier alpha value is -2.27. The third kappa shape index (κ3) is 1.48. The van der Waals surface area contributed by atoms with Crippen molar-refractivity contribution in [2.45, 2.75) is 19.9 Å². The number of nitrogens with zero attached hydrogens (tertiary/aromatic N) is 2. The van der Waals surface area contributed by atoms with Crippen molar-refractivity contribution in [2.24, 2.45) is 0 Å². The van der Waals surface area contributed by atoms with Crippen LogP contribution in [-0.4, -0.2) is 4.57 Å². The molecule has 2 heteroatoms. The summed E-state index contributed by atoms with van der Waals surface area (Å²) in [5.74, 6) is 0. The number of hydrogen-bond acceptors (Lipinski definition) is 1. The first-order valence-electron chi connectivity index (χ1n) is 6.22. The van der Waals surface area contributed by atoms with Crippen LogP contribution in [0.4, 0.5) is 0 Å². The molecular weight excluding hydrogens is 220 g/mol. The van der Waals surface area contributed by atoms with Crippen molar-refractivity contribution in [3.63, 3.8) is 0 Å². The SMILES string of the molecule is CCn1c2ccccc2c2cc(CC#N)ccc21. The lowest BCUT2D eigenvalue weighted by Crippen LogP contribution is -1.92. The van der Waals surface area contributed by atoms with Crippen LogP contribution in [0.25, 0.3) is 21.8 Å². The van der Waals surface area contributed by atoms with Gasteiger partial charge in [-0.25, -0.2) is 0 Å². The van der Waals surface area contributed by atoms with Gasteiger partial charge in [0.15, 0.2) is 0 Å². The molecule has 0 unspecified atom stereocenters. The zero-order valence-corrected chi connectivity index (χ0v) is 10.4. The molecule has 88 valence electrons. The van der Waals surface area contributed by atoms with Crippen molar-refractivity contribution in [3.05, 3.63) is 48.0 Å². The normalized spacial score (nSPS) is 10.9. The minimum absolute atomic E-state index is 0.474. The molecule has 2 nitrogen and oxygen atoms in total. The number of rotatable bonds is 2. The molecule has 1 heterocycles. The predicted octanol–water partition coefficient (Wildman–Crippen LogP) is 3.88. The molecule has 0 aliphatic carbocycles. The van der Waals surface area contributed by atoms with Crippen molar-refractivity contribution < 1.29 is 0 Å². The van der Waals surface area contributed by atoms with Gasteiger partial charge in [0.05, 0.1) is 12.5 Å². The van der Waals surface area contributed by atoms with Crippen LogP contribution in [0.2, 0.25) is 0 Å². The predicted molar refractivity (Wildman–Crippen MR) is 74.4 cm³/mol. The fraction of sp³-hybridized carbons (Fsp3) is 0.188. The smallest absolute Gasteiger partial charge is 0.0669 e. The first kappa shape index (κ1) is 10.9. The fourth-order valence-electron chi connectivity index (χ4n) is 2.64. The maximum Gasteiger partial charge on any atom is 0.0669 e. The quantitative estimate of drug-likeness (QED) is 0.661. The van der Waals surface area contributed by atoms with E-state index in [1.807, 2.05) is 0 Å².